The number of Topliss-reactive ketones (excluding diaryl/α,β-unsaturated/α-hetero) is 4. The van der Waals surface area contributed by atoms with Gasteiger partial charge in [-0.2, -0.15) is 0 Å². The molecule has 2 saturated carbocycles. The van der Waals surface area contributed by atoms with Gasteiger partial charge in [0.15, 0.2) is 34.7 Å². The molecule has 210 valence electrons. The van der Waals surface area contributed by atoms with E-state index < -0.39 is 64.4 Å². The van der Waals surface area contributed by atoms with E-state index in [2.05, 4.69) is 11.8 Å². The SMILES string of the molecule is CN(C)c1cc(C#CC2=CCCC2)c(O)c2c1C[C@@H]1C[C@@H]3[C@@H](N(C)C)C(=O)C(C(N)=O)C(=O)[C@]3(O)C(=O)C1C2=O. The Balaban J connectivity index is 1.65. The summed E-state index contributed by atoms with van der Waals surface area (Å²) in [5.74, 6) is -4.61. The van der Waals surface area contributed by atoms with Gasteiger partial charge in [-0.3, -0.25) is 28.9 Å². The van der Waals surface area contributed by atoms with Gasteiger partial charge in [0.05, 0.1) is 23.1 Å². The van der Waals surface area contributed by atoms with Crippen LogP contribution in [0.15, 0.2) is 17.7 Å². The molecule has 0 radical (unpaired) electrons. The van der Waals surface area contributed by atoms with Gasteiger partial charge in [-0.05, 0) is 69.3 Å². The minimum atomic E-state index is -2.75. The van der Waals surface area contributed by atoms with E-state index in [4.69, 9.17) is 5.73 Å². The van der Waals surface area contributed by atoms with Gasteiger partial charge in [0.25, 0.3) is 0 Å². The van der Waals surface area contributed by atoms with Crippen molar-refractivity contribution < 1.29 is 34.2 Å². The first-order valence-corrected chi connectivity index (χ1v) is 13.4. The molecule has 0 heterocycles. The number of aliphatic hydroxyl groups is 1. The van der Waals surface area contributed by atoms with Crippen LogP contribution >= 0.6 is 0 Å². The first-order chi connectivity index (χ1) is 18.8. The van der Waals surface area contributed by atoms with Crippen LogP contribution in [0, 0.1) is 35.5 Å². The van der Waals surface area contributed by atoms with Gasteiger partial charge < -0.3 is 20.8 Å². The normalized spacial score (nSPS) is 31.1. The molecule has 0 aromatic heterocycles. The van der Waals surface area contributed by atoms with Gasteiger partial charge >= 0.3 is 0 Å². The monoisotopic (exact) mass is 547 g/mol. The molecule has 2 unspecified atom stereocenters. The molecule has 0 aliphatic heterocycles. The average molecular weight is 548 g/mol. The largest absolute Gasteiger partial charge is 0.506 e. The van der Waals surface area contributed by atoms with Crippen LogP contribution in [0.25, 0.3) is 0 Å². The van der Waals surface area contributed by atoms with Crippen molar-refractivity contribution in [2.45, 2.75) is 43.7 Å². The Hall–Kier alpha value is -3.81. The molecule has 4 aliphatic rings. The second-order valence-corrected chi connectivity index (χ2v) is 11.7. The molecule has 4 aliphatic carbocycles. The Morgan fingerprint density at radius 1 is 1.10 bits per heavy atom. The Labute approximate surface area is 232 Å². The van der Waals surface area contributed by atoms with E-state index >= 15 is 0 Å². The van der Waals surface area contributed by atoms with E-state index in [0.717, 1.165) is 24.8 Å². The number of phenols is 1. The second-order valence-electron chi connectivity index (χ2n) is 11.7. The van der Waals surface area contributed by atoms with Crippen LogP contribution in [-0.4, -0.2) is 84.0 Å². The van der Waals surface area contributed by atoms with Crippen molar-refractivity contribution in [1.29, 1.82) is 0 Å². The number of anilines is 1. The number of allylic oxidation sites excluding steroid dienone is 2. The summed E-state index contributed by atoms with van der Waals surface area (Å²) in [7, 11) is 6.71. The Morgan fingerprint density at radius 2 is 1.80 bits per heavy atom. The molecule has 1 aromatic carbocycles. The fourth-order valence-corrected chi connectivity index (χ4v) is 7.08. The van der Waals surface area contributed by atoms with Crippen molar-refractivity contribution in [3.05, 3.63) is 34.4 Å². The van der Waals surface area contributed by atoms with Gasteiger partial charge in [-0.15, -0.1) is 0 Å². The quantitative estimate of drug-likeness (QED) is 0.360. The molecular weight excluding hydrogens is 514 g/mol. The van der Waals surface area contributed by atoms with Crippen molar-refractivity contribution in [1.82, 2.24) is 4.90 Å². The number of phenolic OH excluding ortho intramolecular Hbond substituents is 1. The molecule has 2 fully saturated rings. The van der Waals surface area contributed by atoms with Crippen molar-refractivity contribution in [3.8, 4) is 17.6 Å². The molecule has 0 saturated heterocycles. The van der Waals surface area contributed by atoms with E-state index in [1.165, 1.54) is 4.90 Å². The minimum absolute atomic E-state index is 0.00718. The lowest BCUT2D eigenvalue weighted by atomic mass is 9.52. The van der Waals surface area contributed by atoms with Gasteiger partial charge in [0, 0.05) is 25.7 Å². The third-order valence-corrected chi connectivity index (χ3v) is 8.92. The van der Waals surface area contributed by atoms with Crippen molar-refractivity contribution >= 4 is 34.7 Å². The van der Waals surface area contributed by atoms with Crippen LogP contribution in [0.3, 0.4) is 0 Å². The first kappa shape index (κ1) is 27.7. The van der Waals surface area contributed by atoms with Gasteiger partial charge in [0.2, 0.25) is 5.91 Å². The molecule has 5 rings (SSSR count). The van der Waals surface area contributed by atoms with Crippen LogP contribution in [0.5, 0.6) is 5.75 Å². The van der Waals surface area contributed by atoms with Crippen LogP contribution in [0.4, 0.5) is 5.69 Å². The predicted molar refractivity (Wildman–Crippen MR) is 144 cm³/mol. The van der Waals surface area contributed by atoms with Gasteiger partial charge in [0.1, 0.15) is 5.75 Å². The maximum Gasteiger partial charge on any atom is 0.235 e. The molecule has 10 heteroatoms. The first-order valence-electron chi connectivity index (χ1n) is 13.4. The maximum absolute atomic E-state index is 14.0. The van der Waals surface area contributed by atoms with E-state index in [-0.39, 0.29) is 29.7 Å². The number of carbonyl (C=O) groups excluding carboxylic acids is 5. The average Bonchev–Trinajstić information content (AvgIpc) is 3.39. The second kappa shape index (κ2) is 9.68. The van der Waals surface area contributed by atoms with E-state index in [0.29, 0.717) is 11.3 Å². The number of carbonyl (C=O) groups is 5. The number of hydrogen-bond donors (Lipinski definition) is 3. The Bertz CT molecular complexity index is 1460. The lowest BCUT2D eigenvalue weighted by Crippen LogP contribution is -2.74. The Kier molecular flexibility index (Phi) is 6.71. The standard InChI is InChI=1S/C30H33N3O7/c1-32(2)19-13-15(10-9-14-7-5-6-8-14)24(34)21-17(19)11-16-12-18-23(33(3)4)26(36)22(29(31)39)28(38)30(18,40)27(37)20(16)25(21)35/h7,13,16,18,20,22-23,34,40H,5-6,8,11-12H2,1-4H3,(H2,31,39)/t16-,18-,20?,22?,23-,30-/m1/s1. The summed E-state index contributed by atoms with van der Waals surface area (Å²) in [6, 6.07) is 0.588. The van der Waals surface area contributed by atoms with E-state index in [1.807, 2.05) is 6.08 Å². The lowest BCUT2D eigenvalue weighted by molar-refractivity contribution is -0.181. The zero-order chi connectivity index (χ0) is 29.3. The zero-order valence-electron chi connectivity index (χ0n) is 23.0. The van der Waals surface area contributed by atoms with Crippen molar-refractivity contribution in [3.63, 3.8) is 0 Å². The lowest BCUT2D eigenvalue weighted by Gasteiger charge is -2.52. The van der Waals surface area contributed by atoms with Crippen LogP contribution < -0.4 is 10.6 Å². The number of rotatable bonds is 3. The number of ketones is 4. The smallest absolute Gasteiger partial charge is 0.235 e. The summed E-state index contributed by atoms with van der Waals surface area (Å²) < 4.78 is 0. The zero-order valence-corrected chi connectivity index (χ0v) is 23.0. The number of nitrogens with two attached hydrogens (primary N) is 1. The summed E-state index contributed by atoms with van der Waals surface area (Å²) in [6.45, 7) is 0. The highest BCUT2D eigenvalue weighted by molar-refractivity contribution is 6.32. The minimum Gasteiger partial charge on any atom is -0.506 e. The number of nitrogens with zero attached hydrogens (tertiary/aromatic N) is 2. The third-order valence-electron chi connectivity index (χ3n) is 8.92. The topological polar surface area (TPSA) is 158 Å². The molecule has 1 aromatic rings. The van der Waals surface area contributed by atoms with Gasteiger partial charge in [-0.25, -0.2) is 0 Å². The Morgan fingerprint density at radius 3 is 2.38 bits per heavy atom. The number of benzene rings is 1. The number of likely N-dealkylation sites (N-methyl/N-ethyl adjacent to an activating group) is 1. The fraction of sp³-hybridized carbons (Fsp3) is 0.500. The number of fused-ring (bicyclic) bond motifs is 3. The summed E-state index contributed by atoms with van der Waals surface area (Å²) in [4.78, 5) is 70.1. The summed E-state index contributed by atoms with van der Waals surface area (Å²) in [5, 5.41) is 23.0. The molecule has 0 spiro atoms. The van der Waals surface area contributed by atoms with Gasteiger partial charge in [-0.1, -0.05) is 17.9 Å². The maximum atomic E-state index is 14.0. The van der Waals surface area contributed by atoms with Crippen molar-refractivity contribution in [2.24, 2.45) is 29.4 Å². The van der Waals surface area contributed by atoms with Crippen LogP contribution in [0.2, 0.25) is 0 Å². The molecule has 6 atom stereocenters. The van der Waals surface area contributed by atoms with Crippen LogP contribution in [0.1, 0.15) is 47.2 Å². The third kappa shape index (κ3) is 3.91. The van der Waals surface area contributed by atoms with E-state index in [9.17, 15) is 34.2 Å². The summed E-state index contributed by atoms with van der Waals surface area (Å²) >= 11 is 0. The van der Waals surface area contributed by atoms with Crippen LogP contribution in [-0.2, 0) is 25.6 Å². The number of primary amides is 1. The highest BCUT2D eigenvalue weighted by Gasteiger charge is 2.69. The van der Waals surface area contributed by atoms with E-state index in [1.54, 1.807) is 39.2 Å². The highest BCUT2D eigenvalue weighted by Crippen LogP contribution is 2.52. The predicted octanol–water partition coefficient (Wildman–Crippen LogP) is 0.395. The fourth-order valence-electron chi connectivity index (χ4n) is 7.08. The summed E-state index contributed by atoms with van der Waals surface area (Å²) in [5.41, 5.74) is 4.97. The highest BCUT2D eigenvalue weighted by atomic mass is 16.3. The molecule has 40 heavy (non-hydrogen) atoms. The molecule has 4 N–H and O–H groups in total. The van der Waals surface area contributed by atoms with Crippen molar-refractivity contribution in [2.75, 3.05) is 33.1 Å². The number of hydrogen-bond acceptors (Lipinski definition) is 9. The molecule has 1 amide bonds. The number of amides is 1. The molecule has 10 nitrogen and oxygen atoms in total. The molecule has 0 bridgehead atoms. The molecular formula is C30H33N3O7. The number of aromatic hydroxyl groups is 1. The summed E-state index contributed by atoms with van der Waals surface area (Å²) in [6.07, 6.45) is 5.03.